The van der Waals surface area contributed by atoms with Gasteiger partial charge in [0.25, 0.3) is 0 Å². The molecule has 2 aromatic heterocycles. The molecule has 17 heavy (non-hydrogen) atoms. The molecule has 0 saturated carbocycles. The Labute approximate surface area is 109 Å². The number of hydrogen-bond donors (Lipinski definition) is 1. The van der Waals surface area contributed by atoms with Crippen LogP contribution in [0.15, 0.2) is 21.9 Å². The molecule has 0 amide bonds. The Morgan fingerprint density at radius 3 is 3.06 bits per heavy atom. The van der Waals surface area contributed by atoms with Gasteiger partial charge in [-0.2, -0.15) is 11.8 Å². The van der Waals surface area contributed by atoms with Gasteiger partial charge in [-0.25, -0.2) is 4.98 Å². The molecule has 2 N–H and O–H groups in total. The lowest BCUT2D eigenvalue weighted by molar-refractivity contribution is 0.542. The van der Waals surface area contributed by atoms with E-state index in [1.165, 1.54) is 0 Å². The van der Waals surface area contributed by atoms with E-state index in [-0.39, 0.29) is 0 Å². The minimum atomic E-state index is 0.455. The first-order valence-corrected chi connectivity index (χ1v) is 7.45. The summed E-state index contributed by atoms with van der Waals surface area (Å²) in [5, 5.41) is 2.48. The van der Waals surface area contributed by atoms with Crippen LogP contribution in [0.4, 0.5) is 0 Å². The van der Waals surface area contributed by atoms with Crippen molar-refractivity contribution >= 4 is 23.1 Å². The number of hydrogen-bond acceptors (Lipinski definition) is 5. The van der Waals surface area contributed by atoms with Crippen LogP contribution in [0.3, 0.4) is 0 Å². The average Bonchev–Trinajstić information content (AvgIpc) is 2.95. The molecule has 0 aliphatic rings. The van der Waals surface area contributed by atoms with Crippen molar-refractivity contribution < 1.29 is 4.42 Å². The van der Waals surface area contributed by atoms with Crippen molar-refractivity contribution in [3.8, 4) is 10.8 Å². The highest BCUT2D eigenvalue weighted by Gasteiger charge is 2.12. The number of aryl methyl sites for hydroxylation is 1. The predicted octanol–water partition coefficient (Wildman–Crippen LogP) is 3.29. The van der Waals surface area contributed by atoms with Crippen molar-refractivity contribution in [2.45, 2.75) is 24.9 Å². The van der Waals surface area contributed by atoms with Crippen LogP contribution in [-0.4, -0.2) is 16.8 Å². The zero-order valence-corrected chi connectivity index (χ0v) is 11.6. The highest BCUT2D eigenvalue weighted by Crippen LogP contribution is 2.28. The molecule has 1 unspecified atom stereocenters. The maximum absolute atomic E-state index is 5.68. The van der Waals surface area contributed by atoms with Gasteiger partial charge in [0.2, 0.25) is 5.89 Å². The summed E-state index contributed by atoms with van der Waals surface area (Å²) in [5.41, 5.74) is 6.62. The minimum absolute atomic E-state index is 0.455. The van der Waals surface area contributed by atoms with E-state index in [2.05, 4.69) is 11.9 Å². The van der Waals surface area contributed by atoms with Crippen LogP contribution < -0.4 is 5.73 Å². The van der Waals surface area contributed by atoms with Crippen molar-refractivity contribution in [3.63, 3.8) is 0 Å². The molecule has 92 valence electrons. The van der Waals surface area contributed by atoms with E-state index in [1.54, 1.807) is 11.3 Å². The molecular formula is C12H16N2OS2. The molecule has 0 bridgehead atoms. The lowest BCUT2D eigenvalue weighted by atomic mass is 10.4. The van der Waals surface area contributed by atoms with E-state index >= 15 is 0 Å². The summed E-state index contributed by atoms with van der Waals surface area (Å²) >= 11 is 3.45. The molecule has 0 radical (unpaired) electrons. The summed E-state index contributed by atoms with van der Waals surface area (Å²) in [6.07, 6.45) is 0. The van der Waals surface area contributed by atoms with Crippen LogP contribution in [0, 0.1) is 6.92 Å². The molecule has 0 aliphatic carbocycles. The van der Waals surface area contributed by atoms with Crippen LogP contribution in [0.1, 0.15) is 18.4 Å². The summed E-state index contributed by atoms with van der Waals surface area (Å²) in [4.78, 5) is 5.62. The number of oxazole rings is 1. The molecule has 0 saturated heterocycles. The molecule has 3 nitrogen and oxygen atoms in total. The van der Waals surface area contributed by atoms with E-state index < -0.39 is 0 Å². The highest BCUT2D eigenvalue weighted by molar-refractivity contribution is 7.99. The zero-order chi connectivity index (χ0) is 12.3. The van der Waals surface area contributed by atoms with Crippen molar-refractivity contribution in [2.24, 2.45) is 5.73 Å². The molecule has 0 aromatic carbocycles. The van der Waals surface area contributed by atoms with Crippen LogP contribution in [0.5, 0.6) is 0 Å². The minimum Gasteiger partial charge on any atom is -0.440 e. The summed E-state index contributed by atoms with van der Waals surface area (Å²) in [6, 6.07) is 4.03. The normalized spacial score (nSPS) is 12.9. The van der Waals surface area contributed by atoms with Crippen LogP contribution in [-0.2, 0) is 5.75 Å². The maximum atomic E-state index is 5.68. The van der Waals surface area contributed by atoms with E-state index in [9.17, 15) is 0 Å². The number of rotatable bonds is 5. The Bertz CT molecular complexity index is 465. The largest absolute Gasteiger partial charge is 0.440 e. The predicted molar refractivity (Wildman–Crippen MR) is 74.4 cm³/mol. The quantitative estimate of drug-likeness (QED) is 0.904. The summed E-state index contributed by atoms with van der Waals surface area (Å²) < 4.78 is 5.68. The first kappa shape index (κ1) is 12.7. The molecule has 2 heterocycles. The number of aromatic nitrogens is 1. The maximum Gasteiger partial charge on any atom is 0.236 e. The first-order valence-electron chi connectivity index (χ1n) is 5.52. The van der Waals surface area contributed by atoms with Crippen molar-refractivity contribution in [1.29, 1.82) is 0 Å². The van der Waals surface area contributed by atoms with Gasteiger partial charge >= 0.3 is 0 Å². The van der Waals surface area contributed by atoms with Gasteiger partial charge in [-0.1, -0.05) is 13.0 Å². The van der Waals surface area contributed by atoms with Crippen LogP contribution >= 0.6 is 23.1 Å². The first-order chi connectivity index (χ1) is 8.20. The molecule has 0 spiro atoms. The standard InChI is InChI=1S/C12H16N2OS2/c1-8(6-13)17-7-10-9(2)15-12(14-10)11-4-3-5-16-11/h3-5,8H,6-7,13H2,1-2H3. The van der Waals surface area contributed by atoms with Gasteiger partial charge in [-0.15, -0.1) is 11.3 Å². The van der Waals surface area contributed by atoms with Gasteiger partial charge in [-0.05, 0) is 18.4 Å². The molecular weight excluding hydrogens is 252 g/mol. The Hall–Kier alpha value is -0.780. The zero-order valence-electron chi connectivity index (χ0n) is 9.97. The van der Waals surface area contributed by atoms with Crippen molar-refractivity contribution in [2.75, 3.05) is 6.54 Å². The lowest BCUT2D eigenvalue weighted by Gasteiger charge is -2.05. The Morgan fingerprint density at radius 2 is 2.41 bits per heavy atom. The van der Waals surface area contributed by atoms with E-state index in [0.717, 1.165) is 28.0 Å². The van der Waals surface area contributed by atoms with Gasteiger partial charge in [0.05, 0.1) is 10.6 Å². The van der Waals surface area contributed by atoms with Gasteiger partial charge in [-0.3, -0.25) is 0 Å². The second-order valence-electron chi connectivity index (χ2n) is 3.86. The van der Waals surface area contributed by atoms with E-state index in [4.69, 9.17) is 10.2 Å². The average molecular weight is 268 g/mol. The Kier molecular flexibility index (Phi) is 4.25. The monoisotopic (exact) mass is 268 g/mol. The second kappa shape index (κ2) is 5.71. The SMILES string of the molecule is Cc1oc(-c2cccs2)nc1CSC(C)CN. The molecule has 5 heteroatoms. The van der Waals surface area contributed by atoms with Gasteiger partial charge < -0.3 is 10.2 Å². The van der Waals surface area contributed by atoms with E-state index in [1.807, 2.05) is 36.2 Å². The third-order valence-electron chi connectivity index (χ3n) is 2.46. The molecule has 2 rings (SSSR count). The number of thioether (sulfide) groups is 1. The smallest absolute Gasteiger partial charge is 0.236 e. The van der Waals surface area contributed by atoms with Crippen LogP contribution in [0.2, 0.25) is 0 Å². The summed E-state index contributed by atoms with van der Waals surface area (Å²) in [6.45, 7) is 4.78. The molecule has 0 aliphatic heterocycles. The lowest BCUT2D eigenvalue weighted by Crippen LogP contribution is -2.12. The third-order valence-corrected chi connectivity index (χ3v) is 4.52. The summed E-state index contributed by atoms with van der Waals surface area (Å²) in [5.74, 6) is 2.50. The molecule has 2 aromatic rings. The summed E-state index contributed by atoms with van der Waals surface area (Å²) in [7, 11) is 0. The fourth-order valence-corrected chi connectivity index (χ4v) is 2.85. The fourth-order valence-electron chi connectivity index (χ4n) is 1.36. The van der Waals surface area contributed by atoms with E-state index in [0.29, 0.717) is 11.8 Å². The van der Waals surface area contributed by atoms with Gasteiger partial charge in [0.15, 0.2) is 0 Å². The van der Waals surface area contributed by atoms with Crippen molar-refractivity contribution in [1.82, 2.24) is 4.98 Å². The molecule has 0 fully saturated rings. The Balaban J connectivity index is 2.09. The number of nitrogens with two attached hydrogens (primary N) is 1. The Morgan fingerprint density at radius 1 is 1.59 bits per heavy atom. The number of thiophene rings is 1. The van der Waals surface area contributed by atoms with Gasteiger partial charge in [0, 0.05) is 17.5 Å². The van der Waals surface area contributed by atoms with Crippen LogP contribution in [0.25, 0.3) is 10.8 Å². The number of nitrogens with zero attached hydrogens (tertiary/aromatic N) is 1. The molecule has 1 atom stereocenters. The topological polar surface area (TPSA) is 52.0 Å². The fraction of sp³-hybridized carbons (Fsp3) is 0.417. The second-order valence-corrected chi connectivity index (χ2v) is 6.23. The third kappa shape index (κ3) is 3.12. The van der Waals surface area contributed by atoms with Gasteiger partial charge in [0.1, 0.15) is 5.76 Å². The highest BCUT2D eigenvalue weighted by atomic mass is 32.2. The van der Waals surface area contributed by atoms with Crippen molar-refractivity contribution in [3.05, 3.63) is 29.0 Å².